The van der Waals surface area contributed by atoms with Crippen LogP contribution >= 0.6 is 0 Å². The number of hydrogen-bond donors (Lipinski definition) is 2. The lowest BCUT2D eigenvalue weighted by Gasteiger charge is -2.45. The summed E-state index contributed by atoms with van der Waals surface area (Å²) in [4.78, 5) is 39.0. The molecule has 3 atom stereocenters. The van der Waals surface area contributed by atoms with Gasteiger partial charge in [0.25, 0.3) is 5.56 Å². The van der Waals surface area contributed by atoms with Gasteiger partial charge in [-0.1, -0.05) is 12.1 Å². The Hall–Kier alpha value is -3.00. The number of carbonyl (C=O) groups excluding carboxylic acids is 2. The molecule has 8 heteroatoms. The number of nitrogens with two attached hydrogens (primary N) is 1. The van der Waals surface area contributed by atoms with E-state index in [1.54, 1.807) is 18.2 Å². The molecule has 29 heavy (non-hydrogen) atoms. The van der Waals surface area contributed by atoms with Crippen molar-refractivity contribution in [1.29, 1.82) is 0 Å². The third-order valence-electron chi connectivity index (χ3n) is 5.78. The normalized spacial score (nSPS) is 23.3. The zero-order valence-electron chi connectivity index (χ0n) is 16.1. The molecule has 0 spiro atoms. The molecule has 2 aliphatic rings. The van der Waals surface area contributed by atoms with Crippen molar-refractivity contribution in [2.24, 2.45) is 11.7 Å². The van der Waals surface area contributed by atoms with E-state index in [2.05, 4.69) is 5.32 Å². The van der Waals surface area contributed by atoms with Crippen LogP contribution in [0, 0.1) is 18.7 Å². The maximum absolute atomic E-state index is 13.9. The van der Waals surface area contributed by atoms with Crippen molar-refractivity contribution in [2.45, 2.75) is 25.3 Å². The third-order valence-corrected chi connectivity index (χ3v) is 5.78. The third kappa shape index (κ3) is 3.67. The smallest absolute Gasteiger partial charge is 0.251 e. The number of nitrogens with one attached hydrogen (secondary N) is 1. The van der Waals surface area contributed by atoms with Crippen molar-refractivity contribution >= 4 is 17.5 Å². The molecule has 0 radical (unpaired) electrons. The van der Waals surface area contributed by atoms with Gasteiger partial charge in [0.2, 0.25) is 11.8 Å². The van der Waals surface area contributed by atoms with Crippen molar-refractivity contribution < 1.29 is 14.0 Å². The summed E-state index contributed by atoms with van der Waals surface area (Å²) in [6.07, 6.45) is 0.738. The molecular weight excluding hydrogens is 375 g/mol. The molecule has 2 aromatic rings. The number of fused-ring (bicyclic) bond motifs is 4. The van der Waals surface area contributed by atoms with Gasteiger partial charge in [-0.25, -0.2) is 4.39 Å². The van der Waals surface area contributed by atoms with Gasteiger partial charge in [0.1, 0.15) is 11.9 Å². The first kappa shape index (κ1) is 19.3. The predicted octanol–water partition coefficient (Wildman–Crippen LogP) is 1.38. The molecule has 3 N–H and O–H groups in total. The average Bonchev–Trinajstić information content (AvgIpc) is 2.65. The monoisotopic (exact) mass is 398 g/mol. The Balaban J connectivity index is 1.54. The quantitative estimate of drug-likeness (QED) is 0.813. The van der Waals surface area contributed by atoms with Gasteiger partial charge in [-0.2, -0.15) is 0 Å². The molecule has 2 bridgehead atoms. The lowest BCUT2D eigenvalue weighted by molar-refractivity contribution is -0.124. The molecule has 2 aliphatic heterocycles. The van der Waals surface area contributed by atoms with E-state index in [-0.39, 0.29) is 35.5 Å². The number of amides is 2. The highest BCUT2D eigenvalue weighted by Crippen LogP contribution is 2.40. The van der Waals surface area contributed by atoms with Crippen LogP contribution in [0.1, 0.15) is 29.6 Å². The largest absolute Gasteiger partial charge is 0.368 e. The zero-order chi connectivity index (χ0) is 20.7. The first-order chi connectivity index (χ1) is 13.8. The first-order valence-electron chi connectivity index (χ1n) is 9.62. The fourth-order valence-electron chi connectivity index (χ4n) is 4.65. The van der Waals surface area contributed by atoms with Crippen molar-refractivity contribution in [2.75, 3.05) is 25.0 Å². The van der Waals surface area contributed by atoms with Crippen LogP contribution in [0.3, 0.4) is 0 Å². The van der Waals surface area contributed by atoms with Crippen molar-refractivity contribution in [3.63, 3.8) is 0 Å². The summed E-state index contributed by atoms with van der Waals surface area (Å²) < 4.78 is 15.4. The van der Waals surface area contributed by atoms with Gasteiger partial charge in [0.15, 0.2) is 0 Å². The van der Waals surface area contributed by atoms with E-state index in [0.717, 1.165) is 17.7 Å². The number of carbonyl (C=O) groups is 2. The standard InChI is InChI=1S/C21H23FN4O3/c1-12-5-6-15(22)16(7-12)24-18(27)11-25-9-13-8-14(10-25)20(21(23)29)26-17(13)3-2-4-19(26)28/h2-7,13-14,20H,8-11H2,1H3,(H2,23,29)(H,24,27)/t13-,14+,20+/m0/s1. The molecule has 4 rings (SSSR count). The summed E-state index contributed by atoms with van der Waals surface area (Å²) in [6.45, 7) is 2.94. The van der Waals surface area contributed by atoms with Crippen LogP contribution in [0.25, 0.3) is 0 Å². The highest BCUT2D eigenvalue weighted by Gasteiger charge is 2.43. The van der Waals surface area contributed by atoms with Gasteiger partial charge in [-0.05, 0) is 37.1 Å². The predicted molar refractivity (Wildman–Crippen MR) is 106 cm³/mol. The number of piperidine rings is 1. The molecule has 7 nitrogen and oxygen atoms in total. The Labute approximate surface area is 167 Å². The topological polar surface area (TPSA) is 97.4 Å². The number of primary amides is 1. The number of halogens is 1. The minimum absolute atomic E-state index is 0.0294. The molecule has 1 aromatic heterocycles. The molecule has 1 fully saturated rings. The van der Waals surface area contributed by atoms with Gasteiger partial charge < -0.3 is 11.1 Å². The Bertz CT molecular complexity index is 1030. The van der Waals surface area contributed by atoms with Crippen LogP contribution in [0.5, 0.6) is 0 Å². The molecule has 1 aromatic carbocycles. The lowest BCUT2D eigenvalue weighted by Crippen LogP contribution is -2.53. The Morgan fingerprint density at radius 3 is 2.79 bits per heavy atom. The highest BCUT2D eigenvalue weighted by molar-refractivity contribution is 5.92. The maximum atomic E-state index is 13.9. The van der Waals surface area contributed by atoms with Crippen molar-refractivity contribution in [3.8, 4) is 0 Å². The van der Waals surface area contributed by atoms with Gasteiger partial charge in [-0.15, -0.1) is 0 Å². The number of aromatic nitrogens is 1. The average molecular weight is 398 g/mol. The summed E-state index contributed by atoms with van der Waals surface area (Å²) in [5.74, 6) is -1.47. The molecule has 0 unspecified atom stereocenters. The second kappa shape index (κ2) is 7.44. The Morgan fingerprint density at radius 2 is 2.03 bits per heavy atom. The van der Waals surface area contributed by atoms with Crippen LogP contribution in [-0.4, -0.2) is 40.9 Å². The summed E-state index contributed by atoms with van der Waals surface area (Å²) in [6, 6.07) is 8.77. The first-order valence-corrected chi connectivity index (χ1v) is 9.62. The molecular formula is C21H23FN4O3. The fraction of sp³-hybridized carbons (Fsp3) is 0.381. The van der Waals surface area contributed by atoms with Gasteiger partial charge in [0.05, 0.1) is 12.2 Å². The van der Waals surface area contributed by atoms with E-state index in [4.69, 9.17) is 5.73 Å². The second-order valence-corrected chi connectivity index (χ2v) is 7.92. The van der Waals surface area contributed by atoms with Crippen LogP contribution < -0.4 is 16.6 Å². The summed E-state index contributed by atoms with van der Waals surface area (Å²) in [5, 5.41) is 2.62. The summed E-state index contributed by atoms with van der Waals surface area (Å²) >= 11 is 0. The van der Waals surface area contributed by atoms with Crippen LogP contribution in [0.2, 0.25) is 0 Å². The summed E-state index contributed by atoms with van der Waals surface area (Å²) in [7, 11) is 0. The molecule has 0 saturated carbocycles. The number of nitrogens with zero attached hydrogens (tertiary/aromatic N) is 2. The summed E-state index contributed by atoms with van der Waals surface area (Å²) in [5.41, 5.74) is 7.16. The molecule has 1 saturated heterocycles. The van der Waals surface area contributed by atoms with Gasteiger partial charge in [-0.3, -0.25) is 23.9 Å². The number of rotatable bonds is 4. The number of likely N-dealkylation sites (tertiary alicyclic amines) is 1. The molecule has 2 amide bonds. The number of aryl methyl sites for hydroxylation is 1. The Morgan fingerprint density at radius 1 is 1.24 bits per heavy atom. The van der Waals surface area contributed by atoms with Gasteiger partial charge in [0, 0.05) is 36.7 Å². The maximum Gasteiger partial charge on any atom is 0.251 e. The van der Waals surface area contributed by atoms with E-state index >= 15 is 0 Å². The Kier molecular flexibility index (Phi) is 4.96. The van der Waals surface area contributed by atoms with Crippen LogP contribution in [0.4, 0.5) is 10.1 Å². The van der Waals surface area contributed by atoms with E-state index in [9.17, 15) is 18.8 Å². The fourth-order valence-corrected chi connectivity index (χ4v) is 4.65. The molecule has 0 aliphatic carbocycles. The van der Waals surface area contributed by atoms with Crippen molar-refractivity contribution in [1.82, 2.24) is 9.47 Å². The lowest BCUT2D eigenvalue weighted by atomic mass is 9.78. The van der Waals surface area contributed by atoms with Crippen molar-refractivity contribution in [3.05, 3.63) is 63.8 Å². The minimum Gasteiger partial charge on any atom is -0.368 e. The van der Waals surface area contributed by atoms with E-state index in [1.807, 2.05) is 17.9 Å². The second-order valence-electron chi connectivity index (χ2n) is 7.92. The zero-order valence-corrected chi connectivity index (χ0v) is 16.1. The van der Waals surface area contributed by atoms with Gasteiger partial charge >= 0.3 is 0 Å². The van der Waals surface area contributed by atoms with Crippen LogP contribution in [-0.2, 0) is 9.59 Å². The number of anilines is 1. The molecule has 3 heterocycles. The number of pyridine rings is 1. The SMILES string of the molecule is Cc1ccc(F)c(NC(=O)CN2C[C@@H]3C[C@H](C2)[C@H](C(N)=O)n2c3cccc2=O)c1. The highest BCUT2D eigenvalue weighted by atomic mass is 19.1. The van der Waals surface area contributed by atoms with E-state index in [1.165, 1.54) is 16.7 Å². The number of hydrogen-bond acceptors (Lipinski definition) is 4. The van der Waals surface area contributed by atoms with E-state index in [0.29, 0.717) is 13.1 Å². The van der Waals surface area contributed by atoms with E-state index < -0.39 is 17.8 Å². The minimum atomic E-state index is -0.727. The van der Waals surface area contributed by atoms with Crippen LogP contribution in [0.15, 0.2) is 41.2 Å². The number of benzene rings is 1. The molecule has 152 valence electrons.